The Kier molecular flexibility index (Phi) is 5.91. The normalized spacial score (nSPS) is 19.0. The zero-order chi connectivity index (χ0) is 16.1. The first-order chi connectivity index (χ1) is 10.5. The summed E-state index contributed by atoms with van der Waals surface area (Å²) >= 11 is 0. The molecular weight excluding hydrogens is 283 g/mol. The molecule has 1 fully saturated rings. The van der Waals surface area contributed by atoms with Crippen LogP contribution < -0.4 is 0 Å². The Balaban J connectivity index is 1.84. The predicted octanol–water partition coefficient (Wildman–Crippen LogP) is 1.84. The molecule has 122 valence electrons. The Bertz CT molecular complexity index is 499. The highest BCUT2D eigenvalue weighted by molar-refractivity contribution is 5.77. The number of benzene rings is 1. The number of rotatable bonds is 5. The quantitative estimate of drug-likeness (QED) is 0.903. The summed E-state index contributed by atoms with van der Waals surface area (Å²) in [5, 5.41) is 9.39. The van der Waals surface area contributed by atoms with Crippen molar-refractivity contribution >= 4 is 5.91 Å². The van der Waals surface area contributed by atoms with Crippen LogP contribution in [0.5, 0.6) is 0 Å². The minimum Gasteiger partial charge on any atom is -0.392 e. The number of hydrogen-bond donors (Lipinski definition) is 1. The van der Waals surface area contributed by atoms with Crippen LogP contribution in [-0.2, 0) is 4.79 Å². The van der Waals surface area contributed by atoms with Crippen LogP contribution in [0.1, 0.15) is 31.7 Å². The third-order valence-corrected chi connectivity index (χ3v) is 4.16. The number of β-amino-alcohol motifs (C(OH)–C–C–N with tert-alkyl or cyclic N) is 1. The van der Waals surface area contributed by atoms with Crippen LogP contribution in [-0.4, -0.2) is 59.6 Å². The average molecular weight is 308 g/mol. The second kappa shape index (κ2) is 7.70. The maximum Gasteiger partial charge on any atom is 0.223 e. The van der Waals surface area contributed by atoms with Gasteiger partial charge in [0.2, 0.25) is 5.91 Å². The number of carbonyl (C=O) groups excluding carboxylic acids is 1. The number of piperazine rings is 1. The molecule has 1 N–H and O–H groups in total. The lowest BCUT2D eigenvalue weighted by atomic mass is 9.96. The highest BCUT2D eigenvalue weighted by Gasteiger charge is 2.23. The lowest BCUT2D eigenvalue weighted by Gasteiger charge is -2.35. The molecule has 0 spiro atoms. The van der Waals surface area contributed by atoms with Crippen LogP contribution in [0.3, 0.4) is 0 Å². The van der Waals surface area contributed by atoms with Crippen LogP contribution in [0.4, 0.5) is 4.39 Å². The lowest BCUT2D eigenvalue weighted by molar-refractivity contribution is -0.133. The van der Waals surface area contributed by atoms with Gasteiger partial charge in [0.25, 0.3) is 0 Å². The van der Waals surface area contributed by atoms with Crippen molar-refractivity contribution in [3.05, 3.63) is 35.6 Å². The van der Waals surface area contributed by atoms with Gasteiger partial charge in [0, 0.05) is 39.1 Å². The zero-order valence-corrected chi connectivity index (χ0v) is 13.3. The van der Waals surface area contributed by atoms with E-state index in [-0.39, 0.29) is 23.7 Å². The van der Waals surface area contributed by atoms with Gasteiger partial charge in [-0.05, 0) is 24.5 Å². The molecule has 1 amide bonds. The van der Waals surface area contributed by atoms with Gasteiger partial charge < -0.3 is 10.0 Å². The minimum absolute atomic E-state index is 0.0763. The summed E-state index contributed by atoms with van der Waals surface area (Å²) in [6.07, 6.45) is -0.0134. The summed E-state index contributed by atoms with van der Waals surface area (Å²) in [7, 11) is 0. The van der Waals surface area contributed by atoms with Gasteiger partial charge in [-0.25, -0.2) is 4.39 Å². The molecule has 0 aliphatic carbocycles. The van der Waals surface area contributed by atoms with E-state index in [1.807, 2.05) is 11.8 Å². The highest BCUT2D eigenvalue weighted by Crippen LogP contribution is 2.23. The Morgan fingerprint density at radius 2 is 1.86 bits per heavy atom. The van der Waals surface area contributed by atoms with Gasteiger partial charge in [-0.2, -0.15) is 0 Å². The molecule has 0 unspecified atom stereocenters. The third-order valence-electron chi connectivity index (χ3n) is 4.16. The Labute approximate surface area is 131 Å². The first-order valence-electron chi connectivity index (χ1n) is 7.90. The number of nitrogens with zero attached hydrogens (tertiary/aromatic N) is 2. The van der Waals surface area contributed by atoms with Crippen LogP contribution in [0.25, 0.3) is 0 Å². The molecule has 2 atom stereocenters. The summed E-state index contributed by atoms with van der Waals surface area (Å²) in [6, 6.07) is 6.64. The largest absolute Gasteiger partial charge is 0.392 e. The standard InChI is InChI=1S/C17H25FN2O2/c1-13(15-5-3-4-6-16(15)18)11-17(22)20-9-7-19(8-10-20)12-14(2)21/h3-6,13-14,21H,7-12H2,1-2H3/t13-,14-/m1/s1. The SMILES string of the molecule is C[C@H](CC(=O)N1CCN(C[C@@H](C)O)CC1)c1ccccc1F. The van der Waals surface area contributed by atoms with E-state index < -0.39 is 0 Å². The van der Waals surface area contributed by atoms with Crippen molar-refractivity contribution in [2.75, 3.05) is 32.7 Å². The molecule has 2 rings (SSSR count). The van der Waals surface area contributed by atoms with Crippen molar-refractivity contribution in [2.45, 2.75) is 32.3 Å². The highest BCUT2D eigenvalue weighted by atomic mass is 19.1. The van der Waals surface area contributed by atoms with E-state index in [0.717, 1.165) is 13.1 Å². The molecule has 0 bridgehead atoms. The van der Waals surface area contributed by atoms with Gasteiger partial charge in [0.1, 0.15) is 5.82 Å². The number of amides is 1. The molecule has 5 heteroatoms. The summed E-state index contributed by atoms with van der Waals surface area (Å²) in [6.45, 7) is 7.22. The molecule has 1 aliphatic rings. The van der Waals surface area contributed by atoms with Crippen molar-refractivity contribution in [1.29, 1.82) is 0 Å². The Morgan fingerprint density at radius 3 is 2.45 bits per heavy atom. The van der Waals surface area contributed by atoms with E-state index >= 15 is 0 Å². The minimum atomic E-state index is -0.344. The van der Waals surface area contributed by atoms with Gasteiger partial charge in [0.15, 0.2) is 0 Å². The van der Waals surface area contributed by atoms with Crippen LogP contribution >= 0.6 is 0 Å². The molecule has 1 aromatic rings. The second-order valence-corrected chi connectivity index (χ2v) is 6.16. The third kappa shape index (κ3) is 4.52. The zero-order valence-electron chi connectivity index (χ0n) is 13.3. The smallest absolute Gasteiger partial charge is 0.223 e. The van der Waals surface area contributed by atoms with Gasteiger partial charge in [0.05, 0.1) is 6.10 Å². The average Bonchev–Trinajstić information content (AvgIpc) is 2.47. The van der Waals surface area contributed by atoms with Gasteiger partial charge >= 0.3 is 0 Å². The maximum atomic E-state index is 13.8. The van der Waals surface area contributed by atoms with E-state index in [1.54, 1.807) is 25.1 Å². The maximum absolute atomic E-state index is 13.8. The van der Waals surface area contributed by atoms with Crippen molar-refractivity contribution < 1.29 is 14.3 Å². The van der Waals surface area contributed by atoms with E-state index in [0.29, 0.717) is 31.6 Å². The number of aliphatic hydroxyl groups is 1. The number of aliphatic hydroxyl groups excluding tert-OH is 1. The summed E-state index contributed by atoms with van der Waals surface area (Å²) < 4.78 is 13.8. The molecule has 22 heavy (non-hydrogen) atoms. The monoisotopic (exact) mass is 308 g/mol. The second-order valence-electron chi connectivity index (χ2n) is 6.16. The van der Waals surface area contributed by atoms with E-state index in [2.05, 4.69) is 4.90 Å². The first kappa shape index (κ1) is 16.9. The van der Waals surface area contributed by atoms with Crippen molar-refractivity contribution in [1.82, 2.24) is 9.80 Å². The summed E-state index contributed by atoms with van der Waals surface area (Å²) in [4.78, 5) is 16.4. The van der Waals surface area contributed by atoms with Crippen LogP contribution in [0.2, 0.25) is 0 Å². The van der Waals surface area contributed by atoms with Gasteiger partial charge in [-0.3, -0.25) is 9.69 Å². The molecule has 1 aliphatic heterocycles. The fourth-order valence-electron chi connectivity index (χ4n) is 2.93. The van der Waals surface area contributed by atoms with Crippen molar-refractivity contribution in [2.24, 2.45) is 0 Å². The van der Waals surface area contributed by atoms with Crippen LogP contribution in [0.15, 0.2) is 24.3 Å². The van der Waals surface area contributed by atoms with Crippen molar-refractivity contribution in [3.8, 4) is 0 Å². The van der Waals surface area contributed by atoms with Crippen molar-refractivity contribution in [3.63, 3.8) is 0 Å². The molecule has 0 aromatic heterocycles. The Morgan fingerprint density at radius 1 is 1.23 bits per heavy atom. The number of halogens is 1. The molecular formula is C17H25FN2O2. The van der Waals surface area contributed by atoms with Crippen LogP contribution in [0, 0.1) is 5.82 Å². The molecule has 1 saturated heterocycles. The summed E-state index contributed by atoms with van der Waals surface area (Å²) in [5.41, 5.74) is 0.601. The predicted molar refractivity (Wildman–Crippen MR) is 84.1 cm³/mol. The summed E-state index contributed by atoms with van der Waals surface area (Å²) in [5.74, 6) is -0.291. The number of hydrogen-bond acceptors (Lipinski definition) is 3. The van der Waals surface area contributed by atoms with E-state index in [1.165, 1.54) is 6.07 Å². The van der Waals surface area contributed by atoms with Gasteiger partial charge in [-0.15, -0.1) is 0 Å². The van der Waals surface area contributed by atoms with E-state index in [9.17, 15) is 14.3 Å². The topological polar surface area (TPSA) is 43.8 Å². The van der Waals surface area contributed by atoms with Gasteiger partial charge in [-0.1, -0.05) is 25.1 Å². The molecule has 0 radical (unpaired) electrons. The molecule has 0 saturated carbocycles. The fraction of sp³-hybridized carbons (Fsp3) is 0.588. The number of carbonyl (C=O) groups is 1. The molecule has 4 nitrogen and oxygen atoms in total. The molecule has 1 aromatic carbocycles. The lowest BCUT2D eigenvalue weighted by Crippen LogP contribution is -2.50. The Hall–Kier alpha value is -1.46. The van der Waals surface area contributed by atoms with E-state index in [4.69, 9.17) is 0 Å². The fourth-order valence-corrected chi connectivity index (χ4v) is 2.93. The molecule has 1 heterocycles. The first-order valence-corrected chi connectivity index (χ1v) is 7.90.